The van der Waals surface area contributed by atoms with Crippen molar-refractivity contribution in [3.05, 3.63) is 29.3 Å². The highest BCUT2D eigenvalue weighted by Gasteiger charge is 2.36. The lowest BCUT2D eigenvalue weighted by Crippen LogP contribution is -2.43. The number of piperidine rings is 1. The van der Waals surface area contributed by atoms with Gasteiger partial charge in [-0.15, -0.1) is 0 Å². The lowest BCUT2D eigenvalue weighted by atomic mass is 9.68. The number of carbonyl (C=O) groups is 1. The quantitative estimate of drug-likeness (QED) is 0.799. The van der Waals surface area contributed by atoms with Crippen LogP contribution in [0.15, 0.2) is 18.2 Å². The second-order valence-electron chi connectivity index (χ2n) is 6.92. The lowest BCUT2D eigenvalue weighted by molar-refractivity contribution is 0.0472. The van der Waals surface area contributed by atoms with E-state index in [9.17, 15) is 4.79 Å². The first kappa shape index (κ1) is 14.4. The topological polar surface area (TPSA) is 46.3 Å². The molecule has 2 aliphatic rings. The molecule has 1 heterocycles. The summed E-state index contributed by atoms with van der Waals surface area (Å²) in [5.41, 5.74) is 8.95. The van der Waals surface area contributed by atoms with E-state index in [4.69, 9.17) is 5.73 Å². The van der Waals surface area contributed by atoms with Crippen LogP contribution < -0.4 is 5.73 Å². The first-order valence-corrected chi connectivity index (χ1v) is 8.25. The third kappa shape index (κ3) is 2.92. The molecule has 3 rings (SSSR count). The zero-order valence-corrected chi connectivity index (χ0v) is 13.0. The molecular formula is C18H26N2O. The number of benzene rings is 1. The van der Waals surface area contributed by atoms with Crippen molar-refractivity contribution in [3.8, 4) is 0 Å². The minimum absolute atomic E-state index is 0.146. The highest BCUT2D eigenvalue weighted by molar-refractivity contribution is 5.95. The summed E-state index contributed by atoms with van der Waals surface area (Å²) in [5.74, 6) is 0.146. The first-order valence-electron chi connectivity index (χ1n) is 8.25. The molecule has 1 aromatic rings. The van der Waals surface area contributed by atoms with Gasteiger partial charge < -0.3 is 10.6 Å². The van der Waals surface area contributed by atoms with Gasteiger partial charge in [0, 0.05) is 24.3 Å². The predicted molar refractivity (Wildman–Crippen MR) is 86.2 cm³/mol. The number of hydrogen-bond donors (Lipinski definition) is 1. The average molecular weight is 286 g/mol. The summed E-state index contributed by atoms with van der Waals surface area (Å²) in [6.45, 7) is 3.79. The number of likely N-dealkylation sites (tertiary alicyclic amines) is 1. The Morgan fingerprint density at radius 1 is 1.10 bits per heavy atom. The van der Waals surface area contributed by atoms with Crippen LogP contribution in [0.25, 0.3) is 0 Å². The normalized spacial score (nSPS) is 21.5. The molecule has 1 aromatic carbocycles. The fraction of sp³-hybridized carbons (Fsp3) is 0.611. The monoisotopic (exact) mass is 286 g/mol. The van der Waals surface area contributed by atoms with Crippen molar-refractivity contribution >= 4 is 11.6 Å². The molecule has 1 aliphatic heterocycles. The summed E-state index contributed by atoms with van der Waals surface area (Å²) in [4.78, 5) is 14.6. The van der Waals surface area contributed by atoms with Gasteiger partial charge >= 0.3 is 0 Å². The van der Waals surface area contributed by atoms with Gasteiger partial charge in [0.2, 0.25) is 0 Å². The zero-order valence-electron chi connectivity index (χ0n) is 13.0. The number of amides is 1. The second kappa shape index (κ2) is 5.70. The van der Waals surface area contributed by atoms with Gasteiger partial charge in [0.25, 0.3) is 5.91 Å². The van der Waals surface area contributed by atoms with E-state index in [-0.39, 0.29) is 5.91 Å². The van der Waals surface area contributed by atoms with Crippen LogP contribution in [0.1, 0.15) is 60.9 Å². The minimum Gasteiger partial charge on any atom is -0.398 e. The van der Waals surface area contributed by atoms with Crippen molar-refractivity contribution < 1.29 is 4.79 Å². The molecular weight excluding hydrogens is 260 g/mol. The average Bonchev–Trinajstić information content (AvgIpc) is 2.51. The van der Waals surface area contributed by atoms with Gasteiger partial charge in [0.15, 0.2) is 0 Å². The molecule has 2 fully saturated rings. The summed E-state index contributed by atoms with van der Waals surface area (Å²) < 4.78 is 0. The van der Waals surface area contributed by atoms with Crippen molar-refractivity contribution in [1.82, 2.24) is 4.90 Å². The van der Waals surface area contributed by atoms with Crippen molar-refractivity contribution in [2.45, 2.75) is 51.9 Å². The summed E-state index contributed by atoms with van der Waals surface area (Å²) in [6, 6.07) is 5.66. The smallest absolute Gasteiger partial charge is 0.253 e. The number of carbonyl (C=O) groups excluding carboxylic acids is 1. The minimum atomic E-state index is 0.146. The maximum atomic E-state index is 12.6. The van der Waals surface area contributed by atoms with E-state index in [1.165, 1.54) is 44.9 Å². The van der Waals surface area contributed by atoms with Crippen molar-refractivity contribution in [3.63, 3.8) is 0 Å². The van der Waals surface area contributed by atoms with Crippen molar-refractivity contribution in [2.75, 3.05) is 18.8 Å². The molecule has 1 spiro atoms. The molecule has 0 bridgehead atoms. The van der Waals surface area contributed by atoms with E-state index >= 15 is 0 Å². The molecule has 1 saturated heterocycles. The van der Waals surface area contributed by atoms with E-state index < -0.39 is 0 Å². The number of rotatable bonds is 1. The summed E-state index contributed by atoms with van der Waals surface area (Å²) in [6.07, 6.45) is 9.25. The first-order chi connectivity index (χ1) is 10.1. The Balaban J connectivity index is 1.65. The SMILES string of the molecule is Cc1ccc(C(=O)N2CCC3(CCCCC3)CC2)cc1N. The third-order valence-corrected chi connectivity index (χ3v) is 5.55. The lowest BCUT2D eigenvalue weighted by Gasteiger charge is -2.44. The highest BCUT2D eigenvalue weighted by Crippen LogP contribution is 2.44. The predicted octanol–water partition coefficient (Wildman–Crippen LogP) is 3.76. The van der Waals surface area contributed by atoms with Crippen LogP contribution in [0.5, 0.6) is 0 Å². The van der Waals surface area contributed by atoms with E-state index in [2.05, 4.69) is 0 Å². The Hall–Kier alpha value is -1.51. The number of nitrogen functional groups attached to an aromatic ring is 1. The molecule has 1 amide bonds. The van der Waals surface area contributed by atoms with Gasteiger partial charge in [-0.3, -0.25) is 4.79 Å². The number of nitrogens with two attached hydrogens (primary N) is 1. The Kier molecular flexibility index (Phi) is 3.92. The van der Waals surface area contributed by atoms with Gasteiger partial charge in [-0.2, -0.15) is 0 Å². The molecule has 0 aromatic heterocycles. The molecule has 2 N–H and O–H groups in total. The fourth-order valence-electron chi connectivity index (χ4n) is 3.94. The van der Waals surface area contributed by atoms with Gasteiger partial charge in [-0.05, 0) is 55.7 Å². The second-order valence-corrected chi connectivity index (χ2v) is 6.92. The van der Waals surface area contributed by atoms with Crippen molar-refractivity contribution in [1.29, 1.82) is 0 Å². The summed E-state index contributed by atoms with van der Waals surface area (Å²) >= 11 is 0. The molecule has 1 aliphatic carbocycles. The van der Waals surface area contributed by atoms with Gasteiger partial charge in [0.05, 0.1) is 0 Å². The largest absolute Gasteiger partial charge is 0.398 e. The maximum Gasteiger partial charge on any atom is 0.253 e. The Morgan fingerprint density at radius 2 is 1.76 bits per heavy atom. The standard InChI is InChI=1S/C18H26N2O/c1-14-5-6-15(13-16(14)19)17(21)20-11-9-18(10-12-20)7-3-2-4-8-18/h5-6,13H,2-4,7-12,19H2,1H3. The molecule has 0 radical (unpaired) electrons. The van der Waals surface area contributed by atoms with Crippen LogP contribution in [-0.4, -0.2) is 23.9 Å². The van der Waals surface area contributed by atoms with E-state index in [0.717, 1.165) is 24.2 Å². The molecule has 3 heteroatoms. The Labute approximate surface area is 127 Å². The van der Waals surface area contributed by atoms with Crippen molar-refractivity contribution in [2.24, 2.45) is 5.41 Å². The fourth-order valence-corrected chi connectivity index (χ4v) is 3.94. The summed E-state index contributed by atoms with van der Waals surface area (Å²) in [7, 11) is 0. The molecule has 114 valence electrons. The van der Waals surface area contributed by atoms with Crippen LogP contribution in [0.3, 0.4) is 0 Å². The summed E-state index contributed by atoms with van der Waals surface area (Å²) in [5, 5.41) is 0. The van der Waals surface area contributed by atoms with E-state index in [1.54, 1.807) is 0 Å². The third-order valence-electron chi connectivity index (χ3n) is 5.55. The molecule has 0 unspecified atom stereocenters. The Morgan fingerprint density at radius 3 is 2.38 bits per heavy atom. The zero-order chi connectivity index (χ0) is 14.9. The molecule has 0 atom stereocenters. The maximum absolute atomic E-state index is 12.6. The Bertz CT molecular complexity index is 522. The van der Waals surface area contributed by atoms with Crippen LogP contribution in [0.2, 0.25) is 0 Å². The molecule has 3 nitrogen and oxygen atoms in total. The number of hydrogen-bond acceptors (Lipinski definition) is 2. The van der Waals surface area contributed by atoms with E-state index in [1.807, 2.05) is 30.0 Å². The van der Waals surface area contributed by atoms with Gasteiger partial charge in [-0.25, -0.2) is 0 Å². The number of nitrogens with zero attached hydrogens (tertiary/aromatic N) is 1. The van der Waals surface area contributed by atoms with Crippen LogP contribution in [0.4, 0.5) is 5.69 Å². The highest BCUT2D eigenvalue weighted by atomic mass is 16.2. The van der Waals surface area contributed by atoms with Gasteiger partial charge in [-0.1, -0.05) is 25.3 Å². The van der Waals surface area contributed by atoms with Crippen LogP contribution in [0, 0.1) is 12.3 Å². The number of anilines is 1. The van der Waals surface area contributed by atoms with Gasteiger partial charge in [0.1, 0.15) is 0 Å². The molecule has 21 heavy (non-hydrogen) atoms. The van der Waals surface area contributed by atoms with E-state index in [0.29, 0.717) is 11.1 Å². The number of aryl methyl sites for hydroxylation is 1. The van der Waals surface area contributed by atoms with Crippen LogP contribution >= 0.6 is 0 Å². The molecule has 1 saturated carbocycles. The van der Waals surface area contributed by atoms with Crippen LogP contribution in [-0.2, 0) is 0 Å².